The van der Waals surface area contributed by atoms with Crippen LogP contribution < -0.4 is 19.6 Å². The number of nitrogens with one attached hydrogen (secondary N) is 1. The van der Waals surface area contributed by atoms with Gasteiger partial charge >= 0.3 is 0 Å². The molecule has 1 saturated heterocycles. The van der Waals surface area contributed by atoms with Crippen LogP contribution in [0.1, 0.15) is 23.3 Å². The number of nitrogens with zero attached hydrogens (tertiary/aromatic N) is 1. The fourth-order valence-corrected chi connectivity index (χ4v) is 2.94. The minimum atomic E-state index is -0.313. The molecule has 0 saturated carbocycles. The Hall–Kier alpha value is -2.96. The normalized spacial score (nSPS) is 14.8. The summed E-state index contributed by atoms with van der Waals surface area (Å²) in [7, 11) is 3.04. The molecule has 1 N–H and O–H groups in total. The number of hydrogen-bond donors (Lipinski definition) is 1. The molecule has 1 amide bonds. The Kier molecular flexibility index (Phi) is 5.46. The van der Waals surface area contributed by atoms with Crippen LogP contribution in [0.15, 0.2) is 41.3 Å². The van der Waals surface area contributed by atoms with E-state index in [9.17, 15) is 9.59 Å². The van der Waals surface area contributed by atoms with Gasteiger partial charge < -0.3 is 24.1 Å². The van der Waals surface area contributed by atoms with Gasteiger partial charge in [0.05, 0.1) is 14.2 Å². The van der Waals surface area contributed by atoms with E-state index in [4.69, 9.17) is 14.2 Å². The van der Waals surface area contributed by atoms with Crippen LogP contribution in [-0.4, -0.2) is 49.2 Å². The lowest BCUT2D eigenvalue weighted by atomic mass is 10.1. The quantitative estimate of drug-likeness (QED) is 0.885. The number of rotatable bonds is 5. The van der Waals surface area contributed by atoms with Gasteiger partial charge in [-0.3, -0.25) is 9.59 Å². The molecule has 0 bridgehead atoms. The molecule has 1 aliphatic heterocycles. The van der Waals surface area contributed by atoms with Crippen molar-refractivity contribution in [2.45, 2.75) is 18.9 Å². The molecule has 0 spiro atoms. The van der Waals surface area contributed by atoms with Gasteiger partial charge in [-0.15, -0.1) is 0 Å². The summed E-state index contributed by atoms with van der Waals surface area (Å²) in [6, 6.07) is 8.74. The lowest BCUT2D eigenvalue weighted by Crippen LogP contribution is -2.42. The Labute approximate surface area is 151 Å². The Bertz CT molecular complexity index is 807. The summed E-state index contributed by atoms with van der Waals surface area (Å²) in [5, 5.41) is 0. The number of amides is 1. The maximum Gasteiger partial charge on any atom is 0.270 e. The first-order chi connectivity index (χ1) is 12.6. The maximum atomic E-state index is 12.5. The smallest absolute Gasteiger partial charge is 0.270 e. The van der Waals surface area contributed by atoms with Gasteiger partial charge in [-0.25, -0.2) is 0 Å². The summed E-state index contributed by atoms with van der Waals surface area (Å²) < 4.78 is 16.0. The Morgan fingerprint density at radius 2 is 1.73 bits per heavy atom. The molecular formula is C19H22N2O5. The van der Waals surface area contributed by atoms with E-state index < -0.39 is 0 Å². The van der Waals surface area contributed by atoms with Crippen molar-refractivity contribution in [3.63, 3.8) is 0 Å². The second-order valence-electron chi connectivity index (χ2n) is 6.06. The molecule has 1 aliphatic rings. The van der Waals surface area contributed by atoms with Crippen molar-refractivity contribution in [1.82, 2.24) is 9.88 Å². The first-order valence-corrected chi connectivity index (χ1v) is 8.47. The topological polar surface area (TPSA) is 80.9 Å². The first-order valence-electron chi connectivity index (χ1n) is 8.47. The molecule has 0 atom stereocenters. The van der Waals surface area contributed by atoms with Gasteiger partial charge in [0.1, 0.15) is 23.3 Å². The fraction of sp³-hybridized carbons (Fsp3) is 0.368. The number of ether oxygens (including phenoxy) is 3. The summed E-state index contributed by atoms with van der Waals surface area (Å²) in [5.74, 6) is 1.57. The highest BCUT2D eigenvalue weighted by Crippen LogP contribution is 2.22. The standard InChI is InChI=1S/C19H22N2O5/c1-24-13-3-5-14(6-4-13)26-15-7-9-21(10-8-15)19(23)16-11-17(22)18(25-2)12-20-16/h3-6,11-12,15H,7-10H2,1-2H3,(H,20,22). The molecule has 7 nitrogen and oxygen atoms in total. The lowest BCUT2D eigenvalue weighted by molar-refractivity contribution is 0.0590. The van der Waals surface area contributed by atoms with Crippen LogP contribution in [0.4, 0.5) is 0 Å². The Morgan fingerprint density at radius 3 is 2.31 bits per heavy atom. The predicted molar refractivity (Wildman–Crippen MR) is 96.2 cm³/mol. The summed E-state index contributed by atoms with van der Waals surface area (Å²) in [6.07, 6.45) is 2.94. The average Bonchev–Trinajstić information content (AvgIpc) is 2.68. The number of likely N-dealkylation sites (tertiary alicyclic amines) is 1. The van der Waals surface area contributed by atoms with Crippen LogP contribution in [0.5, 0.6) is 17.2 Å². The van der Waals surface area contributed by atoms with E-state index in [1.165, 1.54) is 19.4 Å². The van der Waals surface area contributed by atoms with E-state index in [0.717, 1.165) is 24.3 Å². The number of piperidine rings is 1. The van der Waals surface area contributed by atoms with Crippen LogP contribution in [0.2, 0.25) is 0 Å². The van der Waals surface area contributed by atoms with Gasteiger partial charge in [-0.2, -0.15) is 0 Å². The average molecular weight is 358 g/mol. The third-order valence-corrected chi connectivity index (χ3v) is 4.42. The molecule has 1 aromatic heterocycles. The van der Waals surface area contributed by atoms with Crippen molar-refractivity contribution >= 4 is 5.91 Å². The first kappa shape index (κ1) is 17.8. The number of aromatic nitrogens is 1. The highest BCUT2D eigenvalue weighted by molar-refractivity contribution is 5.92. The lowest BCUT2D eigenvalue weighted by Gasteiger charge is -2.32. The molecule has 1 fully saturated rings. The van der Waals surface area contributed by atoms with Crippen LogP contribution in [0, 0.1) is 0 Å². The van der Waals surface area contributed by atoms with E-state index in [-0.39, 0.29) is 28.9 Å². The van der Waals surface area contributed by atoms with Crippen molar-refractivity contribution in [2.24, 2.45) is 0 Å². The van der Waals surface area contributed by atoms with Crippen molar-refractivity contribution in [1.29, 1.82) is 0 Å². The fourth-order valence-electron chi connectivity index (χ4n) is 2.94. The van der Waals surface area contributed by atoms with Crippen LogP contribution in [0.25, 0.3) is 0 Å². The number of aromatic amines is 1. The number of hydrogen-bond acceptors (Lipinski definition) is 5. The number of carbonyl (C=O) groups is 1. The SMILES string of the molecule is COc1ccc(OC2CCN(C(=O)c3cc(=O)c(OC)c[nH]3)CC2)cc1. The number of pyridine rings is 1. The van der Waals surface area contributed by atoms with Gasteiger partial charge in [0.15, 0.2) is 5.75 Å². The van der Waals surface area contributed by atoms with Crippen molar-refractivity contribution < 1.29 is 19.0 Å². The number of methoxy groups -OCH3 is 2. The number of H-pyrrole nitrogens is 1. The minimum Gasteiger partial charge on any atom is -0.497 e. The van der Waals surface area contributed by atoms with Crippen molar-refractivity contribution in [3.8, 4) is 17.2 Å². The van der Waals surface area contributed by atoms with Crippen LogP contribution >= 0.6 is 0 Å². The Balaban J connectivity index is 1.56. The summed E-state index contributed by atoms with van der Waals surface area (Å²) >= 11 is 0. The minimum absolute atomic E-state index is 0.0577. The van der Waals surface area contributed by atoms with E-state index in [2.05, 4.69) is 4.98 Å². The van der Waals surface area contributed by atoms with Crippen LogP contribution in [0.3, 0.4) is 0 Å². The molecule has 0 aliphatic carbocycles. The third-order valence-electron chi connectivity index (χ3n) is 4.42. The van der Waals surface area contributed by atoms with Crippen molar-refractivity contribution in [2.75, 3.05) is 27.3 Å². The van der Waals surface area contributed by atoms with Gasteiger partial charge in [0, 0.05) is 38.2 Å². The number of carbonyl (C=O) groups excluding carboxylic acids is 1. The van der Waals surface area contributed by atoms with E-state index >= 15 is 0 Å². The molecule has 3 rings (SSSR count). The van der Waals surface area contributed by atoms with Gasteiger partial charge in [0.2, 0.25) is 5.43 Å². The Morgan fingerprint density at radius 1 is 1.08 bits per heavy atom. The van der Waals surface area contributed by atoms with Crippen LogP contribution in [-0.2, 0) is 0 Å². The third kappa shape index (κ3) is 3.99. The van der Waals surface area contributed by atoms with E-state index in [0.29, 0.717) is 13.1 Å². The number of benzene rings is 1. The largest absolute Gasteiger partial charge is 0.497 e. The molecular weight excluding hydrogens is 336 g/mol. The molecule has 2 heterocycles. The van der Waals surface area contributed by atoms with E-state index in [1.54, 1.807) is 12.0 Å². The second-order valence-corrected chi connectivity index (χ2v) is 6.06. The highest BCUT2D eigenvalue weighted by Gasteiger charge is 2.25. The molecule has 0 radical (unpaired) electrons. The van der Waals surface area contributed by atoms with Crippen molar-refractivity contribution in [3.05, 3.63) is 52.4 Å². The van der Waals surface area contributed by atoms with E-state index in [1.807, 2.05) is 24.3 Å². The second kappa shape index (κ2) is 7.95. The zero-order valence-corrected chi connectivity index (χ0v) is 14.9. The zero-order valence-electron chi connectivity index (χ0n) is 14.9. The molecule has 7 heteroatoms. The highest BCUT2D eigenvalue weighted by atomic mass is 16.5. The maximum absolute atomic E-state index is 12.5. The molecule has 26 heavy (non-hydrogen) atoms. The van der Waals surface area contributed by atoms with Gasteiger partial charge in [-0.05, 0) is 24.3 Å². The molecule has 138 valence electrons. The van der Waals surface area contributed by atoms with Gasteiger partial charge in [0.25, 0.3) is 5.91 Å². The van der Waals surface area contributed by atoms with Gasteiger partial charge in [-0.1, -0.05) is 0 Å². The predicted octanol–water partition coefficient (Wildman–Crippen LogP) is 2.08. The summed E-state index contributed by atoms with van der Waals surface area (Å²) in [6.45, 7) is 1.15. The monoisotopic (exact) mass is 358 g/mol. The molecule has 1 aromatic carbocycles. The molecule has 0 unspecified atom stereocenters. The molecule has 2 aromatic rings. The summed E-state index contributed by atoms with van der Waals surface area (Å²) in [5.41, 5.74) is -0.0438. The zero-order chi connectivity index (χ0) is 18.5. The summed E-state index contributed by atoms with van der Waals surface area (Å²) in [4.78, 5) is 28.9.